The Balaban J connectivity index is 2.69. The lowest BCUT2D eigenvalue weighted by Crippen LogP contribution is -2.31. The third kappa shape index (κ3) is 4.91. The van der Waals surface area contributed by atoms with E-state index in [0.717, 1.165) is 12.1 Å². The van der Waals surface area contributed by atoms with Gasteiger partial charge in [0.1, 0.15) is 0 Å². The maximum Gasteiger partial charge on any atom is 0.337 e. The average molecular weight is 265 g/mol. The third-order valence-corrected chi connectivity index (χ3v) is 3.05. The van der Waals surface area contributed by atoms with Gasteiger partial charge in [0, 0.05) is 18.8 Å². The number of carbonyl (C=O) groups is 1. The molecule has 0 bridgehead atoms. The smallest absolute Gasteiger partial charge is 0.337 e. The number of nitrogens with one attached hydrogen (secondary N) is 1. The summed E-state index contributed by atoms with van der Waals surface area (Å²) < 4.78 is 10.1. The summed E-state index contributed by atoms with van der Waals surface area (Å²) >= 11 is 0. The number of esters is 1. The number of methoxy groups -OCH3 is 2. The predicted octanol–water partition coefficient (Wildman–Crippen LogP) is 3.09. The van der Waals surface area contributed by atoms with E-state index in [9.17, 15) is 4.79 Å². The fourth-order valence-corrected chi connectivity index (χ4v) is 2.01. The largest absolute Gasteiger partial charge is 0.465 e. The first-order valence-electron chi connectivity index (χ1n) is 6.38. The van der Waals surface area contributed by atoms with Crippen LogP contribution in [0.5, 0.6) is 0 Å². The van der Waals surface area contributed by atoms with E-state index in [1.807, 2.05) is 12.1 Å². The molecule has 1 N–H and O–H groups in total. The maximum absolute atomic E-state index is 11.5. The van der Waals surface area contributed by atoms with Crippen LogP contribution in [0.3, 0.4) is 0 Å². The molecule has 1 aromatic rings. The minimum Gasteiger partial charge on any atom is -0.465 e. The Labute approximate surface area is 115 Å². The first-order chi connectivity index (χ1) is 8.88. The van der Waals surface area contributed by atoms with Gasteiger partial charge in [-0.25, -0.2) is 4.79 Å². The van der Waals surface area contributed by atoms with E-state index >= 15 is 0 Å². The summed E-state index contributed by atoms with van der Waals surface area (Å²) in [5.74, 6) is -0.325. The second-order valence-electron chi connectivity index (χ2n) is 5.29. The van der Waals surface area contributed by atoms with Crippen LogP contribution in [0.2, 0.25) is 0 Å². The van der Waals surface area contributed by atoms with Crippen LogP contribution in [0.1, 0.15) is 37.6 Å². The fourth-order valence-electron chi connectivity index (χ4n) is 2.01. The highest BCUT2D eigenvalue weighted by Crippen LogP contribution is 2.19. The highest BCUT2D eigenvalue weighted by Gasteiger charge is 2.20. The summed E-state index contributed by atoms with van der Waals surface area (Å²) in [7, 11) is 3.09. The Hall–Kier alpha value is -1.55. The minimum absolute atomic E-state index is 0.174. The van der Waals surface area contributed by atoms with Gasteiger partial charge in [0.15, 0.2) is 0 Å². The zero-order valence-electron chi connectivity index (χ0n) is 12.3. The Morgan fingerprint density at radius 1 is 1.37 bits per heavy atom. The van der Waals surface area contributed by atoms with Crippen LogP contribution in [-0.4, -0.2) is 31.8 Å². The molecule has 1 unspecified atom stereocenters. The van der Waals surface area contributed by atoms with Crippen LogP contribution < -0.4 is 5.32 Å². The highest BCUT2D eigenvalue weighted by atomic mass is 16.5. The summed E-state index contributed by atoms with van der Waals surface area (Å²) in [6, 6.07) is 7.54. The average Bonchev–Trinajstić information content (AvgIpc) is 2.37. The van der Waals surface area contributed by atoms with Crippen LogP contribution in [0, 0.1) is 0 Å². The van der Waals surface area contributed by atoms with Gasteiger partial charge >= 0.3 is 5.97 Å². The van der Waals surface area contributed by atoms with Crippen molar-refractivity contribution in [3.05, 3.63) is 29.8 Å². The van der Waals surface area contributed by atoms with Gasteiger partial charge < -0.3 is 14.8 Å². The van der Waals surface area contributed by atoms with Gasteiger partial charge in [-0.2, -0.15) is 0 Å². The van der Waals surface area contributed by atoms with Crippen molar-refractivity contribution >= 4 is 11.7 Å². The van der Waals surface area contributed by atoms with Gasteiger partial charge in [-0.3, -0.25) is 0 Å². The Kier molecular flexibility index (Phi) is 5.36. The molecule has 106 valence electrons. The summed E-state index contributed by atoms with van der Waals surface area (Å²) in [5.41, 5.74) is 1.28. The molecular weight excluding hydrogens is 242 g/mol. The summed E-state index contributed by atoms with van der Waals surface area (Å²) in [6.07, 6.45) is 0.867. The van der Waals surface area contributed by atoms with E-state index in [1.165, 1.54) is 7.11 Å². The zero-order chi connectivity index (χ0) is 14.5. The van der Waals surface area contributed by atoms with Crippen LogP contribution in [0.15, 0.2) is 24.3 Å². The number of rotatable bonds is 6. The van der Waals surface area contributed by atoms with Crippen molar-refractivity contribution < 1.29 is 14.3 Å². The molecule has 0 saturated heterocycles. The molecule has 0 radical (unpaired) electrons. The van der Waals surface area contributed by atoms with E-state index in [0.29, 0.717) is 5.56 Å². The lowest BCUT2D eigenvalue weighted by atomic mass is 9.99. The van der Waals surface area contributed by atoms with Crippen LogP contribution in [-0.2, 0) is 9.47 Å². The molecule has 0 heterocycles. The fraction of sp³-hybridized carbons (Fsp3) is 0.533. The van der Waals surface area contributed by atoms with Crippen molar-refractivity contribution in [3.8, 4) is 0 Å². The molecule has 0 aromatic heterocycles. The molecule has 0 amide bonds. The predicted molar refractivity (Wildman–Crippen MR) is 76.6 cm³/mol. The van der Waals surface area contributed by atoms with Gasteiger partial charge in [-0.1, -0.05) is 6.07 Å². The highest BCUT2D eigenvalue weighted by molar-refractivity contribution is 5.90. The number of benzene rings is 1. The van der Waals surface area contributed by atoms with Crippen molar-refractivity contribution in [2.24, 2.45) is 0 Å². The summed E-state index contributed by atoms with van der Waals surface area (Å²) in [5, 5.41) is 3.36. The molecule has 4 heteroatoms. The molecule has 0 aliphatic rings. The summed E-state index contributed by atoms with van der Waals surface area (Å²) in [6.45, 7) is 6.19. The normalized spacial score (nSPS) is 12.9. The quantitative estimate of drug-likeness (QED) is 0.803. The van der Waals surface area contributed by atoms with Gasteiger partial charge in [0.2, 0.25) is 0 Å². The number of anilines is 1. The lowest BCUT2D eigenvalue weighted by molar-refractivity contribution is 0.0128. The molecular formula is C15H23NO3. The van der Waals surface area contributed by atoms with Crippen molar-refractivity contribution in [2.75, 3.05) is 19.5 Å². The van der Waals surface area contributed by atoms with Crippen molar-refractivity contribution in [1.82, 2.24) is 0 Å². The van der Waals surface area contributed by atoms with Crippen LogP contribution in [0.25, 0.3) is 0 Å². The number of hydrogen-bond donors (Lipinski definition) is 1. The van der Waals surface area contributed by atoms with Crippen molar-refractivity contribution in [2.45, 2.75) is 38.8 Å². The van der Waals surface area contributed by atoms with Gasteiger partial charge in [0.05, 0.1) is 18.3 Å². The van der Waals surface area contributed by atoms with Crippen molar-refractivity contribution in [1.29, 1.82) is 0 Å². The van der Waals surface area contributed by atoms with Gasteiger partial charge in [-0.15, -0.1) is 0 Å². The van der Waals surface area contributed by atoms with Gasteiger partial charge in [0.25, 0.3) is 0 Å². The first kappa shape index (κ1) is 15.5. The van der Waals surface area contributed by atoms with Crippen LogP contribution in [0.4, 0.5) is 5.69 Å². The molecule has 0 saturated carbocycles. The standard InChI is InChI=1S/C15H23NO3/c1-11(10-15(2,3)19-5)16-13-8-6-7-12(9-13)14(17)18-4/h6-9,11,16H,10H2,1-5H3. The van der Waals surface area contributed by atoms with E-state index < -0.39 is 0 Å². The van der Waals surface area contributed by atoms with E-state index in [2.05, 4.69) is 26.1 Å². The van der Waals surface area contributed by atoms with Gasteiger partial charge in [-0.05, 0) is 45.4 Å². The molecule has 0 spiro atoms. The molecule has 1 aromatic carbocycles. The third-order valence-electron chi connectivity index (χ3n) is 3.05. The molecule has 4 nitrogen and oxygen atoms in total. The Morgan fingerprint density at radius 3 is 2.63 bits per heavy atom. The molecule has 0 aliphatic carbocycles. The number of carbonyl (C=O) groups excluding carboxylic acids is 1. The van der Waals surface area contributed by atoms with Crippen molar-refractivity contribution in [3.63, 3.8) is 0 Å². The topological polar surface area (TPSA) is 47.6 Å². The molecule has 19 heavy (non-hydrogen) atoms. The molecule has 1 atom stereocenters. The molecule has 0 aliphatic heterocycles. The monoisotopic (exact) mass is 265 g/mol. The van der Waals surface area contributed by atoms with Crippen LogP contribution >= 0.6 is 0 Å². The minimum atomic E-state index is -0.325. The summed E-state index contributed by atoms with van der Waals surface area (Å²) in [4.78, 5) is 11.5. The zero-order valence-corrected chi connectivity index (χ0v) is 12.3. The number of ether oxygens (including phenoxy) is 2. The van der Waals surface area contributed by atoms with E-state index in [4.69, 9.17) is 9.47 Å². The Morgan fingerprint density at radius 2 is 2.05 bits per heavy atom. The molecule has 0 fully saturated rings. The maximum atomic E-state index is 11.5. The van der Waals surface area contributed by atoms with E-state index in [-0.39, 0.29) is 17.6 Å². The Bertz CT molecular complexity index is 429. The van der Waals surface area contributed by atoms with E-state index in [1.54, 1.807) is 19.2 Å². The lowest BCUT2D eigenvalue weighted by Gasteiger charge is -2.27. The molecule has 1 rings (SSSR count). The number of hydrogen-bond acceptors (Lipinski definition) is 4. The first-order valence-corrected chi connectivity index (χ1v) is 6.38. The SMILES string of the molecule is COC(=O)c1cccc(NC(C)CC(C)(C)OC)c1. The second kappa shape index (κ2) is 6.57. The second-order valence-corrected chi connectivity index (χ2v) is 5.29.